The summed E-state index contributed by atoms with van der Waals surface area (Å²) in [6.07, 6.45) is 1.78. The van der Waals surface area contributed by atoms with Crippen LogP contribution in [0, 0.1) is 0 Å². The number of carbonyl (C=O) groups excluding carboxylic acids is 1. The van der Waals surface area contributed by atoms with Crippen LogP contribution >= 0.6 is 0 Å². The lowest BCUT2D eigenvalue weighted by Crippen LogP contribution is -2.27. The molecule has 1 heterocycles. The van der Waals surface area contributed by atoms with Gasteiger partial charge in [-0.3, -0.25) is 4.79 Å². The molecule has 28 heavy (non-hydrogen) atoms. The van der Waals surface area contributed by atoms with E-state index in [2.05, 4.69) is 5.32 Å². The van der Waals surface area contributed by atoms with Crippen molar-refractivity contribution < 1.29 is 22.7 Å². The summed E-state index contributed by atoms with van der Waals surface area (Å²) in [5.74, 6) is 0.378. The van der Waals surface area contributed by atoms with Gasteiger partial charge in [0.2, 0.25) is 10.0 Å². The highest BCUT2D eigenvalue weighted by atomic mass is 32.2. The minimum absolute atomic E-state index is 0.241. The highest BCUT2D eigenvalue weighted by Gasteiger charge is 2.26. The molecule has 8 heteroatoms. The monoisotopic (exact) mass is 404 g/mol. The molecule has 1 aliphatic heterocycles. The van der Waals surface area contributed by atoms with Gasteiger partial charge in [-0.2, -0.15) is 4.31 Å². The Balaban J connectivity index is 1.61. The normalized spacial score (nSPS) is 14.8. The number of sulfonamides is 1. The van der Waals surface area contributed by atoms with Crippen LogP contribution in [-0.4, -0.2) is 52.0 Å². The Kier molecular flexibility index (Phi) is 6.66. The third-order valence-electron chi connectivity index (χ3n) is 4.49. The van der Waals surface area contributed by atoms with Crippen molar-refractivity contribution >= 4 is 21.6 Å². The summed E-state index contributed by atoms with van der Waals surface area (Å²) < 4.78 is 37.0. The number of methoxy groups -OCH3 is 1. The molecule has 1 fully saturated rings. The van der Waals surface area contributed by atoms with Crippen LogP contribution in [0.3, 0.4) is 0 Å². The van der Waals surface area contributed by atoms with Crippen LogP contribution in [0.15, 0.2) is 53.4 Å². The number of rotatable bonds is 8. The number of nitrogens with one attached hydrogen (secondary N) is 1. The Hall–Kier alpha value is -2.42. The van der Waals surface area contributed by atoms with E-state index in [1.807, 2.05) is 0 Å². The summed E-state index contributed by atoms with van der Waals surface area (Å²) in [6.45, 7) is 2.05. The second kappa shape index (κ2) is 9.18. The van der Waals surface area contributed by atoms with Gasteiger partial charge in [0.15, 0.2) is 0 Å². The van der Waals surface area contributed by atoms with Crippen molar-refractivity contribution in [2.45, 2.75) is 17.7 Å². The van der Waals surface area contributed by atoms with Crippen LogP contribution in [0.4, 0.5) is 5.69 Å². The summed E-state index contributed by atoms with van der Waals surface area (Å²) in [7, 11) is -1.85. The summed E-state index contributed by atoms with van der Waals surface area (Å²) in [5.41, 5.74) is 1.01. The quantitative estimate of drug-likeness (QED) is 0.684. The fourth-order valence-electron chi connectivity index (χ4n) is 2.94. The summed E-state index contributed by atoms with van der Waals surface area (Å²) in [6, 6.07) is 13.0. The maximum absolute atomic E-state index is 12.5. The minimum Gasteiger partial charge on any atom is -0.491 e. The highest BCUT2D eigenvalue weighted by Crippen LogP contribution is 2.22. The summed E-state index contributed by atoms with van der Waals surface area (Å²) in [4.78, 5) is 12.6. The maximum Gasteiger partial charge on any atom is 0.255 e. The predicted molar refractivity (Wildman–Crippen MR) is 106 cm³/mol. The van der Waals surface area contributed by atoms with Crippen LogP contribution in [-0.2, 0) is 14.8 Å². The average molecular weight is 404 g/mol. The molecule has 0 aliphatic carbocycles. The largest absolute Gasteiger partial charge is 0.491 e. The van der Waals surface area contributed by atoms with E-state index >= 15 is 0 Å². The molecule has 0 spiro atoms. The van der Waals surface area contributed by atoms with Crippen molar-refractivity contribution in [3.8, 4) is 5.75 Å². The molecule has 0 saturated carbocycles. The van der Waals surface area contributed by atoms with Gasteiger partial charge in [0.25, 0.3) is 5.91 Å². The topological polar surface area (TPSA) is 84.9 Å². The molecule has 1 N–H and O–H groups in total. The Morgan fingerprint density at radius 1 is 1.00 bits per heavy atom. The zero-order chi connectivity index (χ0) is 20.0. The van der Waals surface area contributed by atoms with Crippen molar-refractivity contribution in [2.75, 3.05) is 38.7 Å². The molecule has 1 aliphatic rings. The van der Waals surface area contributed by atoms with Gasteiger partial charge in [-0.05, 0) is 61.4 Å². The number of amides is 1. The molecular weight excluding hydrogens is 380 g/mol. The van der Waals surface area contributed by atoms with E-state index in [4.69, 9.17) is 9.47 Å². The van der Waals surface area contributed by atoms with Gasteiger partial charge in [0.1, 0.15) is 12.4 Å². The van der Waals surface area contributed by atoms with E-state index < -0.39 is 10.0 Å². The van der Waals surface area contributed by atoms with E-state index in [1.165, 1.54) is 16.4 Å². The first kappa shape index (κ1) is 20.3. The van der Waals surface area contributed by atoms with Crippen molar-refractivity contribution in [1.29, 1.82) is 0 Å². The van der Waals surface area contributed by atoms with E-state index in [0.29, 0.717) is 43.3 Å². The average Bonchev–Trinajstić information content (AvgIpc) is 3.25. The van der Waals surface area contributed by atoms with Gasteiger partial charge in [0.05, 0.1) is 11.5 Å². The molecule has 7 nitrogen and oxygen atoms in total. The summed E-state index contributed by atoms with van der Waals surface area (Å²) in [5, 5.41) is 2.77. The van der Waals surface area contributed by atoms with E-state index in [9.17, 15) is 13.2 Å². The first-order valence-corrected chi connectivity index (χ1v) is 10.6. The van der Waals surface area contributed by atoms with Gasteiger partial charge >= 0.3 is 0 Å². The van der Waals surface area contributed by atoms with Gasteiger partial charge in [-0.1, -0.05) is 0 Å². The molecule has 150 valence electrons. The summed E-state index contributed by atoms with van der Waals surface area (Å²) >= 11 is 0. The number of nitrogens with zero attached hydrogens (tertiary/aromatic N) is 1. The molecule has 0 radical (unpaired) electrons. The van der Waals surface area contributed by atoms with Crippen molar-refractivity contribution in [3.63, 3.8) is 0 Å². The van der Waals surface area contributed by atoms with Gasteiger partial charge in [0, 0.05) is 31.5 Å². The van der Waals surface area contributed by atoms with Crippen molar-refractivity contribution in [1.82, 2.24) is 4.31 Å². The lowest BCUT2D eigenvalue weighted by Gasteiger charge is -2.15. The maximum atomic E-state index is 12.5. The van der Waals surface area contributed by atoms with Crippen molar-refractivity contribution in [3.05, 3.63) is 54.1 Å². The standard InChI is InChI=1S/C20H24N2O5S/c1-26-14-15-27-18-8-4-16(5-9-18)20(23)21-17-6-10-19(11-7-17)28(24,25)22-12-2-3-13-22/h4-11H,2-3,12-15H2,1H3,(H,21,23). The first-order valence-electron chi connectivity index (χ1n) is 9.14. The molecular formula is C20H24N2O5S. The molecule has 2 aromatic carbocycles. The third kappa shape index (κ3) is 4.89. The molecule has 0 aromatic heterocycles. The van der Waals surface area contributed by atoms with E-state index in [1.54, 1.807) is 43.5 Å². The second-order valence-corrected chi connectivity index (χ2v) is 8.39. The molecule has 0 bridgehead atoms. The minimum atomic E-state index is -3.45. The number of hydrogen-bond donors (Lipinski definition) is 1. The smallest absolute Gasteiger partial charge is 0.255 e. The molecule has 1 saturated heterocycles. The lowest BCUT2D eigenvalue weighted by molar-refractivity contribution is 0.102. The zero-order valence-corrected chi connectivity index (χ0v) is 16.6. The van der Waals surface area contributed by atoms with Gasteiger partial charge in [-0.15, -0.1) is 0 Å². The Bertz CT molecular complexity index is 889. The third-order valence-corrected chi connectivity index (χ3v) is 6.40. The number of benzene rings is 2. The highest BCUT2D eigenvalue weighted by molar-refractivity contribution is 7.89. The zero-order valence-electron chi connectivity index (χ0n) is 15.8. The molecule has 2 aromatic rings. The number of anilines is 1. The van der Waals surface area contributed by atoms with Gasteiger partial charge in [-0.25, -0.2) is 8.42 Å². The van der Waals surface area contributed by atoms with Gasteiger partial charge < -0.3 is 14.8 Å². The Labute approximate surface area is 165 Å². The fraction of sp³-hybridized carbons (Fsp3) is 0.350. The van der Waals surface area contributed by atoms with Crippen LogP contribution in [0.1, 0.15) is 23.2 Å². The SMILES string of the molecule is COCCOc1ccc(C(=O)Nc2ccc(S(=O)(=O)N3CCCC3)cc2)cc1. The number of hydrogen-bond acceptors (Lipinski definition) is 5. The van der Waals surface area contributed by atoms with Crippen LogP contribution in [0.2, 0.25) is 0 Å². The van der Waals surface area contributed by atoms with Crippen LogP contribution < -0.4 is 10.1 Å². The van der Waals surface area contributed by atoms with Crippen LogP contribution in [0.25, 0.3) is 0 Å². The van der Waals surface area contributed by atoms with E-state index in [0.717, 1.165) is 12.8 Å². The fourth-order valence-corrected chi connectivity index (χ4v) is 4.45. The van der Waals surface area contributed by atoms with Crippen LogP contribution in [0.5, 0.6) is 5.75 Å². The Morgan fingerprint density at radius 2 is 1.64 bits per heavy atom. The lowest BCUT2D eigenvalue weighted by atomic mass is 10.2. The van der Waals surface area contributed by atoms with E-state index in [-0.39, 0.29) is 10.8 Å². The molecule has 1 amide bonds. The number of carbonyl (C=O) groups is 1. The Morgan fingerprint density at radius 3 is 2.25 bits per heavy atom. The molecule has 0 unspecified atom stereocenters. The molecule has 3 rings (SSSR count). The number of ether oxygens (including phenoxy) is 2. The predicted octanol–water partition coefficient (Wildman–Crippen LogP) is 2.75. The first-order chi connectivity index (χ1) is 13.5. The van der Waals surface area contributed by atoms with Crippen molar-refractivity contribution in [2.24, 2.45) is 0 Å². The second-order valence-electron chi connectivity index (χ2n) is 6.46. The molecule has 0 atom stereocenters.